The van der Waals surface area contributed by atoms with Crippen LogP contribution in [0.4, 0.5) is 11.4 Å². The molecule has 0 aliphatic rings. The van der Waals surface area contributed by atoms with Crippen LogP contribution < -0.4 is 22.9 Å². The number of anilines is 2. The molecule has 3 aromatic carbocycles. The molecule has 0 saturated carbocycles. The van der Waals surface area contributed by atoms with Gasteiger partial charge in [0.05, 0.1) is 34.3 Å². The van der Waals surface area contributed by atoms with Crippen molar-refractivity contribution in [3.63, 3.8) is 0 Å². The lowest BCUT2D eigenvalue weighted by atomic mass is 10.2. The van der Waals surface area contributed by atoms with E-state index >= 15 is 0 Å². The summed E-state index contributed by atoms with van der Waals surface area (Å²) in [6.07, 6.45) is 2.20. The highest BCUT2D eigenvalue weighted by Crippen LogP contribution is 2.27. The molecular weight excluding hydrogens is 480 g/mol. The van der Waals surface area contributed by atoms with Gasteiger partial charge in [-0.1, -0.05) is 60.7 Å². The van der Waals surface area contributed by atoms with Crippen LogP contribution in [-0.2, 0) is 33.1 Å². The molecule has 12 heteroatoms. The number of nitrogen functional groups attached to an aromatic ring is 2. The first kappa shape index (κ1) is 29.0. The minimum Gasteiger partial charge on any atom is -0.744 e. The van der Waals surface area contributed by atoms with Gasteiger partial charge in [-0.2, -0.15) is 0 Å². The van der Waals surface area contributed by atoms with Crippen LogP contribution in [0, 0.1) is 0 Å². The molecule has 186 valence electrons. The third-order valence-corrected chi connectivity index (χ3v) is 6.08. The molecule has 0 aromatic heterocycles. The van der Waals surface area contributed by atoms with E-state index in [4.69, 9.17) is 11.5 Å². The van der Waals surface area contributed by atoms with Crippen molar-refractivity contribution in [2.75, 3.05) is 24.6 Å². The van der Waals surface area contributed by atoms with Crippen molar-refractivity contribution in [1.82, 2.24) is 0 Å². The van der Waals surface area contributed by atoms with E-state index in [1.807, 2.05) is 12.1 Å². The standard InChI is InChI=1S/2C8H11N.C6H8N2O6S2/c2*9-7-6-8-4-2-1-3-5-8;7-3-1-4(8)6(16(12,13)14)2-5(3)15(9,10)11/h2*1-5H,6-7,9H2;1-2H,7-8H2,(H,9,10,11)(H,12,13,14). The second kappa shape index (κ2) is 13.6. The number of hydrogen-bond acceptors (Lipinski definition) is 8. The van der Waals surface area contributed by atoms with Crippen molar-refractivity contribution in [2.45, 2.75) is 22.6 Å². The first-order chi connectivity index (χ1) is 15.9. The van der Waals surface area contributed by atoms with Gasteiger partial charge in [0.1, 0.15) is 20.2 Å². The number of quaternary nitrogens is 2. The lowest BCUT2D eigenvalue weighted by molar-refractivity contribution is -0.367. The molecule has 0 aliphatic heterocycles. The number of rotatable bonds is 6. The molecule has 34 heavy (non-hydrogen) atoms. The van der Waals surface area contributed by atoms with E-state index in [-0.39, 0.29) is 0 Å². The van der Waals surface area contributed by atoms with Gasteiger partial charge in [-0.05, 0) is 23.3 Å². The van der Waals surface area contributed by atoms with Crippen LogP contribution in [0.15, 0.2) is 82.6 Å². The quantitative estimate of drug-likeness (QED) is 0.251. The maximum Gasteiger partial charge on any atom is 0.126 e. The van der Waals surface area contributed by atoms with Crippen LogP contribution in [0.5, 0.6) is 0 Å². The van der Waals surface area contributed by atoms with Gasteiger partial charge in [0.25, 0.3) is 0 Å². The number of nitrogens with two attached hydrogens (primary N) is 2. The molecule has 0 heterocycles. The molecule has 10 N–H and O–H groups in total. The molecule has 0 bridgehead atoms. The first-order valence-electron chi connectivity index (χ1n) is 10.2. The van der Waals surface area contributed by atoms with Crippen LogP contribution in [0.25, 0.3) is 0 Å². The Bertz CT molecular complexity index is 1140. The summed E-state index contributed by atoms with van der Waals surface area (Å²) in [6.45, 7) is 1.98. The molecular formula is C22H30N4O6S2. The smallest absolute Gasteiger partial charge is 0.126 e. The van der Waals surface area contributed by atoms with E-state index in [1.165, 1.54) is 11.1 Å². The van der Waals surface area contributed by atoms with Gasteiger partial charge in [-0.3, -0.25) is 0 Å². The summed E-state index contributed by atoms with van der Waals surface area (Å²) >= 11 is 0. The Kier molecular flexibility index (Phi) is 11.7. The van der Waals surface area contributed by atoms with Crippen LogP contribution in [0.3, 0.4) is 0 Å². The maximum atomic E-state index is 10.7. The Morgan fingerprint density at radius 3 is 1.21 bits per heavy atom. The Morgan fingerprint density at radius 1 is 0.618 bits per heavy atom. The topological polar surface area (TPSA) is 222 Å². The van der Waals surface area contributed by atoms with E-state index in [0.29, 0.717) is 6.07 Å². The van der Waals surface area contributed by atoms with Gasteiger partial charge in [-0.15, -0.1) is 0 Å². The number of hydrogen-bond donors (Lipinski definition) is 4. The average Bonchev–Trinajstić information content (AvgIpc) is 2.75. The van der Waals surface area contributed by atoms with E-state index in [2.05, 4.69) is 60.0 Å². The molecule has 0 atom stereocenters. The fourth-order valence-corrected chi connectivity index (χ4v) is 4.02. The largest absolute Gasteiger partial charge is 0.744 e. The minimum atomic E-state index is -4.97. The molecule has 0 fully saturated rings. The Hall–Kier alpha value is -3.00. The molecule has 0 radical (unpaired) electrons. The Labute approximate surface area is 200 Å². The van der Waals surface area contributed by atoms with Gasteiger partial charge in [0.2, 0.25) is 0 Å². The predicted molar refractivity (Wildman–Crippen MR) is 127 cm³/mol. The fourth-order valence-electron chi connectivity index (χ4n) is 2.73. The number of benzene rings is 3. The van der Waals surface area contributed by atoms with Crippen molar-refractivity contribution >= 4 is 31.6 Å². The zero-order chi connectivity index (χ0) is 25.8. The first-order valence-corrected chi connectivity index (χ1v) is 13.0. The molecule has 10 nitrogen and oxygen atoms in total. The second-order valence-electron chi connectivity index (χ2n) is 7.01. The van der Waals surface area contributed by atoms with E-state index < -0.39 is 41.4 Å². The summed E-state index contributed by atoms with van der Waals surface area (Å²) in [6, 6.07) is 21.9. The highest BCUT2D eigenvalue weighted by Gasteiger charge is 2.14. The van der Waals surface area contributed by atoms with E-state index in [1.54, 1.807) is 0 Å². The average molecular weight is 511 g/mol. The summed E-state index contributed by atoms with van der Waals surface area (Å²) in [5.74, 6) is 0. The summed E-state index contributed by atoms with van der Waals surface area (Å²) in [5.41, 5.74) is 19.6. The normalized spacial score (nSPS) is 10.9. The van der Waals surface area contributed by atoms with Gasteiger partial charge < -0.3 is 32.0 Å². The molecule has 0 saturated heterocycles. The summed E-state index contributed by atoms with van der Waals surface area (Å²) in [4.78, 5) is -1.98. The van der Waals surface area contributed by atoms with Crippen molar-refractivity contribution < 1.29 is 37.4 Å². The zero-order valence-corrected chi connectivity index (χ0v) is 20.2. The molecule has 3 rings (SSSR count). The lowest BCUT2D eigenvalue weighted by Gasteiger charge is -2.15. The Morgan fingerprint density at radius 2 is 0.941 bits per heavy atom. The Balaban J connectivity index is 0.000000274. The maximum absolute atomic E-state index is 10.7. The second-order valence-corrected chi connectivity index (χ2v) is 9.71. The van der Waals surface area contributed by atoms with E-state index in [0.717, 1.165) is 32.0 Å². The summed E-state index contributed by atoms with van der Waals surface area (Å²) in [5, 5.41) is 0. The highest BCUT2D eigenvalue weighted by molar-refractivity contribution is 7.86. The van der Waals surface area contributed by atoms with Crippen LogP contribution in [0.2, 0.25) is 0 Å². The third kappa shape index (κ3) is 10.3. The van der Waals surface area contributed by atoms with E-state index in [9.17, 15) is 25.9 Å². The molecule has 0 unspecified atom stereocenters. The predicted octanol–water partition coefficient (Wildman–Crippen LogP) is -0.399. The molecule has 3 aromatic rings. The van der Waals surface area contributed by atoms with Crippen molar-refractivity contribution in [1.29, 1.82) is 0 Å². The molecule has 0 amide bonds. The van der Waals surface area contributed by atoms with Crippen molar-refractivity contribution in [2.24, 2.45) is 0 Å². The van der Waals surface area contributed by atoms with Gasteiger partial charge >= 0.3 is 0 Å². The minimum absolute atomic E-state index is 0.356. The van der Waals surface area contributed by atoms with Crippen LogP contribution in [0.1, 0.15) is 11.1 Å². The fraction of sp³-hybridized carbons (Fsp3) is 0.182. The van der Waals surface area contributed by atoms with Gasteiger partial charge in [-0.25, -0.2) is 16.8 Å². The van der Waals surface area contributed by atoms with Gasteiger partial charge in [0.15, 0.2) is 0 Å². The van der Waals surface area contributed by atoms with Crippen molar-refractivity contribution in [3.8, 4) is 0 Å². The van der Waals surface area contributed by atoms with Crippen molar-refractivity contribution in [3.05, 3.63) is 83.9 Å². The summed E-state index contributed by atoms with van der Waals surface area (Å²) in [7, 11) is -9.93. The SMILES string of the molecule is Nc1cc(N)c(S(=O)(=O)[O-])cc1S(=O)(=O)[O-].[NH3+]CCc1ccccc1.[NH3+]CCc1ccccc1. The van der Waals surface area contributed by atoms with Crippen LogP contribution >= 0.6 is 0 Å². The van der Waals surface area contributed by atoms with Crippen LogP contribution in [-0.4, -0.2) is 39.0 Å². The van der Waals surface area contributed by atoms with Gasteiger partial charge in [0, 0.05) is 12.8 Å². The molecule has 0 aliphatic carbocycles. The highest BCUT2D eigenvalue weighted by atomic mass is 32.2. The monoisotopic (exact) mass is 510 g/mol. The zero-order valence-electron chi connectivity index (χ0n) is 18.6. The lowest BCUT2D eigenvalue weighted by Crippen LogP contribution is -2.51. The summed E-state index contributed by atoms with van der Waals surface area (Å²) < 4.78 is 64.0. The third-order valence-electron chi connectivity index (χ3n) is 4.30. The molecule has 0 spiro atoms.